The van der Waals surface area contributed by atoms with Gasteiger partial charge in [-0.1, -0.05) is 32.5 Å². The average Bonchev–Trinajstić information content (AvgIpc) is 2.26. The maximum atomic E-state index is 12.2. The second-order valence-electron chi connectivity index (χ2n) is 5.44. The number of rotatable bonds is 6. The second kappa shape index (κ2) is 5.34. The van der Waals surface area contributed by atoms with Crippen LogP contribution in [0, 0.1) is 10.8 Å². The smallest absolute Gasteiger partial charge is 0.232 e. The average molecular weight is 256 g/mol. The third-order valence-electron chi connectivity index (χ3n) is 4.54. The number of nitrogens with one attached hydrogen (secondary N) is 1. The highest BCUT2D eigenvalue weighted by Gasteiger charge is 2.39. The molecule has 1 aliphatic rings. The third-order valence-corrected chi connectivity index (χ3v) is 4.99. The largest absolute Gasteiger partial charge is 0.392 e. The number of carbonyl (C=O) groups excluding carboxylic acids is 1. The first-order valence-electron chi connectivity index (χ1n) is 6.48. The van der Waals surface area contributed by atoms with Crippen LogP contribution in [0.2, 0.25) is 0 Å². The number of hydrogen-bond acceptors (Lipinski definition) is 2. The van der Waals surface area contributed by atoms with Gasteiger partial charge in [0.2, 0.25) is 5.91 Å². The van der Waals surface area contributed by atoms with Gasteiger partial charge in [-0.3, -0.25) is 4.79 Å². The van der Waals surface area contributed by atoms with Crippen molar-refractivity contribution in [3.8, 4) is 0 Å². The van der Waals surface area contributed by atoms with Gasteiger partial charge in [-0.2, -0.15) is 0 Å². The molecule has 3 nitrogen and oxygen atoms in total. The van der Waals surface area contributed by atoms with Crippen molar-refractivity contribution in [2.75, 3.05) is 6.54 Å². The van der Waals surface area contributed by atoms with E-state index < -0.39 is 5.41 Å². The topological polar surface area (TPSA) is 55.1 Å². The molecule has 0 spiro atoms. The molecule has 1 rings (SSSR count). The number of hydrogen-bond donors (Lipinski definition) is 2. The number of carbonyl (C=O) groups is 1. The van der Waals surface area contributed by atoms with Gasteiger partial charge in [0.25, 0.3) is 0 Å². The molecule has 1 atom stereocenters. The summed E-state index contributed by atoms with van der Waals surface area (Å²) in [6.07, 6.45) is 5.50. The molecule has 4 heteroatoms. The SMILES string of the molecule is CCC1(CNC(=O)C(C)(CC)C(N)=S)CCC1. The summed E-state index contributed by atoms with van der Waals surface area (Å²) in [5, 5.41) is 3.04. The minimum Gasteiger partial charge on any atom is -0.392 e. The predicted molar refractivity (Wildman–Crippen MR) is 74.8 cm³/mol. The van der Waals surface area contributed by atoms with Crippen LogP contribution in [0.1, 0.15) is 52.9 Å². The van der Waals surface area contributed by atoms with Crippen LogP contribution in [-0.4, -0.2) is 17.4 Å². The molecule has 17 heavy (non-hydrogen) atoms. The summed E-state index contributed by atoms with van der Waals surface area (Å²) in [5.74, 6) is -0.0211. The quantitative estimate of drug-likeness (QED) is 0.717. The Bertz CT molecular complexity index is 307. The van der Waals surface area contributed by atoms with Crippen molar-refractivity contribution in [1.29, 1.82) is 0 Å². The lowest BCUT2D eigenvalue weighted by molar-refractivity contribution is -0.127. The molecule has 1 aliphatic carbocycles. The zero-order valence-electron chi connectivity index (χ0n) is 11.1. The number of nitrogens with two attached hydrogens (primary N) is 1. The molecule has 0 saturated heterocycles. The number of amides is 1. The van der Waals surface area contributed by atoms with Crippen molar-refractivity contribution in [2.24, 2.45) is 16.6 Å². The maximum absolute atomic E-state index is 12.2. The van der Waals surface area contributed by atoms with Gasteiger partial charge in [0.1, 0.15) is 0 Å². The molecule has 0 aromatic rings. The molecule has 1 unspecified atom stereocenters. The summed E-state index contributed by atoms with van der Waals surface area (Å²) in [6.45, 7) is 6.72. The Morgan fingerprint density at radius 2 is 2.06 bits per heavy atom. The fourth-order valence-corrected chi connectivity index (χ4v) is 2.48. The monoisotopic (exact) mass is 256 g/mol. The lowest BCUT2D eigenvalue weighted by Crippen LogP contribution is -2.50. The summed E-state index contributed by atoms with van der Waals surface area (Å²) in [7, 11) is 0. The predicted octanol–water partition coefficient (Wildman–Crippen LogP) is 2.39. The van der Waals surface area contributed by atoms with Gasteiger partial charge in [-0.25, -0.2) is 0 Å². The van der Waals surface area contributed by atoms with Crippen LogP contribution in [0.15, 0.2) is 0 Å². The first kappa shape index (κ1) is 14.4. The van der Waals surface area contributed by atoms with Crippen LogP contribution < -0.4 is 11.1 Å². The van der Waals surface area contributed by atoms with E-state index in [1.54, 1.807) is 0 Å². The Morgan fingerprint density at radius 1 is 1.47 bits per heavy atom. The highest BCUT2D eigenvalue weighted by atomic mass is 32.1. The van der Waals surface area contributed by atoms with Crippen LogP contribution in [0.4, 0.5) is 0 Å². The summed E-state index contributed by atoms with van der Waals surface area (Å²) < 4.78 is 0. The molecule has 1 amide bonds. The lowest BCUT2D eigenvalue weighted by Gasteiger charge is -2.42. The molecule has 0 aromatic heterocycles. The van der Waals surface area contributed by atoms with Crippen molar-refractivity contribution in [3.05, 3.63) is 0 Å². The van der Waals surface area contributed by atoms with Gasteiger partial charge in [0, 0.05) is 6.54 Å². The molecule has 0 heterocycles. The Balaban J connectivity index is 2.57. The molecule has 0 aromatic carbocycles. The number of thiocarbonyl (C=S) groups is 1. The van der Waals surface area contributed by atoms with Crippen LogP contribution in [0.25, 0.3) is 0 Å². The van der Waals surface area contributed by atoms with E-state index in [1.165, 1.54) is 19.3 Å². The fourth-order valence-electron chi connectivity index (χ4n) is 2.24. The van der Waals surface area contributed by atoms with Gasteiger partial charge < -0.3 is 11.1 Å². The molecule has 1 saturated carbocycles. The van der Waals surface area contributed by atoms with Gasteiger partial charge in [0.15, 0.2) is 0 Å². The minimum atomic E-state index is -0.700. The Kier molecular flexibility index (Phi) is 4.53. The van der Waals surface area contributed by atoms with Crippen molar-refractivity contribution < 1.29 is 4.79 Å². The summed E-state index contributed by atoms with van der Waals surface area (Å²) >= 11 is 5.00. The molecule has 98 valence electrons. The molecule has 0 bridgehead atoms. The van der Waals surface area contributed by atoms with E-state index in [4.69, 9.17) is 18.0 Å². The first-order chi connectivity index (χ1) is 7.90. The van der Waals surface area contributed by atoms with E-state index in [0.717, 1.165) is 13.0 Å². The van der Waals surface area contributed by atoms with Crippen LogP contribution >= 0.6 is 12.2 Å². The highest BCUT2D eigenvalue weighted by molar-refractivity contribution is 7.80. The molecule has 0 radical (unpaired) electrons. The van der Waals surface area contributed by atoms with Crippen LogP contribution in [0.3, 0.4) is 0 Å². The summed E-state index contributed by atoms with van der Waals surface area (Å²) in [4.78, 5) is 12.5. The zero-order valence-corrected chi connectivity index (χ0v) is 12.0. The van der Waals surface area contributed by atoms with Crippen molar-refractivity contribution in [3.63, 3.8) is 0 Å². The van der Waals surface area contributed by atoms with E-state index >= 15 is 0 Å². The maximum Gasteiger partial charge on any atom is 0.232 e. The lowest BCUT2D eigenvalue weighted by atomic mass is 9.67. The van der Waals surface area contributed by atoms with Crippen molar-refractivity contribution in [2.45, 2.75) is 52.9 Å². The fraction of sp³-hybridized carbons (Fsp3) is 0.846. The van der Waals surface area contributed by atoms with E-state index in [2.05, 4.69) is 12.2 Å². The van der Waals surface area contributed by atoms with E-state index in [-0.39, 0.29) is 10.9 Å². The molecular weight excluding hydrogens is 232 g/mol. The molecule has 0 aliphatic heterocycles. The van der Waals surface area contributed by atoms with Gasteiger partial charge >= 0.3 is 0 Å². The molecular formula is C13H24N2OS. The van der Waals surface area contributed by atoms with Gasteiger partial charge in [0.05, 0.1) is 10.4 Å². The summed E-state index contributed by atoms with van der Waals surface area (Å²) in [5.41, 5.74) is 5.30. The highest BCUT2D eigenvalue weighted by Crippen LogP contribution is 2.43. The standard InChI is InChI=1S/C13H24N2OS/c1-4-12(3,10(14)17)11(16)15-9-13(5-2)7-6-8-13/h4-9H2,1-3H3,(H2,14,17)(H,15,16). The van der Waals surface area contributed by atoms with E-state index in [0.29, 0.717) is 11.8 Å². The Hall–Kier alpha value is -0.640. The zero-order chi connectivity index (χ0) is 13.1. The van der Waals surface area contributed by atoms with Gasteiger partial charge in [-0.15, -0.1) is 0 Å². The van der Waals surface area contributed by atoms with Gasteiger partial charge in [-0.05, 0) is 38.0 Å². The Labute approximate surface area is 110 Å². The molecule has 3 N–H and O–H groups in total. The van der Waals surface area contributed by atoms with E-state index in [1.807, 2.05) is 13.8 Å². The van der Waals surface area contributed by atoms with Crippen molar-refractivity contribution >= 4 is 23.1 Å². The normalized spacial score (nSPS) is 21.1. The Morgan fingerprint density at radius 3 is 2.35 bits per heavy atom. The summed E-state index contributed by atoms with van der Waals surface area (Å²) in [6, 6.07) is 0. The third kappa shape index (κ3) is 2.79. The second-order valence-corrected chi connectivity index (χ2v) is 5.88. The molecule has 1 fully saturated rings. The van der Waals surface area contributed by atoms with Crippen LogP contribution in [-0.2, 0) is 4.79 Å². The van der Waals surface area contributed by atoms with E-state index in [9.17, 15) is 4.79 Å². The minimum absolute atomic E-state index is 0.0211. The van der Waals surface area contributed by atoms with Crippen molar-refractivity contribution in [1.82, 2.24) is 5.32 Å². The first-order valence-corrected chi connectivity index (χ1v) is 6.89. The van der Waals surface area contributed by atoms with Crippen LogP contribution in [0.5, 0.6) is 0 Å².